The maximum absolute atomic E-state index is 10.0. The number of nitrogens with zero attached hydrogens (tertiary/aromatic N) is 2. The van der Waals surface area contributed by atoms with Crippen LogP contribution in [0.5, 0.6) is 0 Å². The second kappa shape index (κ2) is 4.67. The predicted molar refractivity (Wildman–Crippen MR) is 52.1 cm³/mol. The lowest BCUT2D eigenvalue weighted by molar-refractivity contribution is 0.564. The lowest BCUT2D eigenvalue weighted by atomic mass is 10.1. The van der Waals surface area contributed by atoms with E-state index in [4.69, 9.17) is 0 Å². The Morgan fingerprint density at radius 1 is 1.21 bits per heavy atom. The van der Waals surface area contributed by atoms with E-state index in [1.54, 1.807) is 18.2 Å². The molecule has 4 heteroatoms. The van der Waals surface area contributed by atoms with Gasteiger partial charge in [0.15, 0.2) is 0 Å². The highest BCUT2D eigenvalue weighted by Gasteiger charge is 1.98. The summed E-state index contributed by atoms with van der Waals surface area (Å²) in [7, 11) is 0. The van der Waals surface area contributed by atoms with Crippen LogP contribution in [0.15, 0.2) is 34.8 Å². The highest BCUT2D eigenvalue weighted by atomic mass is 16.1. The molecule has 0 aliphatic carbocycles. The molecule has 0 bridgehead atoms. The minimum atomic E-state index is 0.444. The van der Waals surface area contributed by atoms with E-state index >= 15 is 0 Å². The molecule has 68 valence electrons. The molecule has 0 spiro atoms. The molecular weight excluding hydrogens is 180 g/mol. The molecule has 0 saturated carbocycles. The van der Waals surface area contributed by atoms with Crippen molar-refractivity contribution in [3.05, 3.63) is 30.3 Å². The Morgan fingerprint density at radius 3 is 2.50 bits per heavy atom. The van der Waals surface area contributed by atoms with Crippen LogP contribution in [-0.4, -0.2) is 12.2 Å². The van der Waals surface area contributed by atoms with Crippen LogP contribution < -0.4 is 0 Å². The Labute approximate surface area is 80.3 Å². The molecule has 0 aromatic heterocycles. The Kier molecular flexibility index (Phi) is 3.27. The summed E-state index contributed by atoms with van der Waals surface area (Å²) in [5, 5.41) is 0. The van der Waals surface area contributed by atoms with E-state index < -0.39 is 0 Å². The molecule has 0 aliphatic heterocycles. The van der Waals surface area contributed by atoms with Crippen LogP contribution in [-0.2, 0) is 9.59 Å². The second-order valence-electron chi connectivity index (χ2n) is 2.35. The van der Waals surface area contributed by atoms with Gasteiger partial charge in [0.1, 0.15) is 0 Å². The molecule has 0 unspecified atom stereocenters. The maximum atomic E-state index is 10.0. The van der Waals surface area contributed by atoms with Crippen LogP contribution in [0.4, 0.5) is 11.4 Å². The molecule has 0 N–H and O–H groups in total. The van der Waals surface area contributed by atoms with E-state index in [0.29, 0.717) is 16.9 Å². The fourth-order valence-electron chi connectivity index (χ4n) is 0.979. The fraction of sp³-hybridized carbons (Fsp3) is 0. The van der Waals surface area contributed by atoms with Crippen molar-refractivity contribution in [2.45, 2.75) is 0 Å². The molecule has 0 saturated heterocycles. The molecule has 0 aliphatic rings. The van der Waals surface area contributed by atoms with Gasteiger partial charge in [0.25, 0.3) is 0 Å². The average molecular weight is 186 g/mol. The average Bonchev–Trinajstić information content (AvgIpc) is 2.21. The highest BCUT2D eigenvalue weighted by Crippen LogP contribution is 2.24. The van der Waals surface area contributed by atoms with E-state index in [2.05, 4.69) is 16.6 Å². The predicted octanol–water partition coefficient (Wildman–Crippen LogP) is 2.26. The summed E-state index contributed by atoms with van der Waals surface area (Å²) in [5.41, 5.74) is 1.50. The van der Waals surface area contributed by atoms with E-state index in [0.717, 1.165) is 0 Å². The van der Waals surface area contributed by atoms with Gasteiger partial charge in [0.05, 0.1) is 11.4 Å². The molecule has 1 aromatic rings. The molecule has 1 rings (SSSR count). The van der Waals surface area contributed by atoms with Crippen LogP contribution in [0.1, 0.15) is 5.56 Å². The van der Waals surface area contributed by atoms with Gasteiger partial charge in [0, 0.05) is 5.56 Å². The molecule has 0 amide bonds. The first-order valence-corrected chi connectivity index (χ1v) is 3.74. The highest BCUT2D eigenvalue weighted by molar-refractivity contribution is 5.69. The number of hydrogen-bond acceptors (Lipinski definition) is 4. The first kappa shape index (κ1) is 9.81. The van der Waals surface area contributed by atoms with Crippen LogP contribution in [0, 0.1) is 0 Å². The largest absolute Gasteiger partial charge is 0.240 e. The third-order valence-electron chi connectivity index (χ3n) is 1.57. The van der Waals surface area contributed by atoms with Gasteiger partial charge in [-0.05, 0) is 18.2 Å². The number of aliphatic imine (C=N–C) groups is 2. The lowest BCUT2D eigenvalue weighted by Crippen LogP contribution is -1.74. The molecule has 14 heavy (non-hydrogen) atoms. The third-order valence-corrected chi connectivity index (χ3v) is 1.57. The standard InChI is InChI=1S/C10H6N2O2/c1-2-8-5-9(11-6-13)3-4-10(8)12-7-14/h2-5H,1H2. The summed E-state index contributed by atoms with van der Waals surface area (Å²) in [4.78, 5) is 26.9. The summed E-state index contributed by atoms with van der Waals surface area (Å²) in [6.07, 6.45) is 4.36. The molecule has 0 fully saturated rings. The van der Waals surface area contributed by atoms with Gasteiger partial charge >= 0.3 is 0 Å². The monoisotopic (exact) mass is 186 g/mol. The zero-order valence-corrected chi connectivity index (χ0v) is 7.23. The van der Waals surface area contributed by atoms with E-state index in [1.165, 1.54) is 18.2 Å². The summed E-state index contributed by atoms with van der Waals surface area (Å²) in [5.74, 6) is 0. The molecule has 0 atom stereocenters. The van der Waals surface area contributed by atoms with Crippen molar-refractivity contribution in [2.24, 2.45) is 9.98 Å². The number of rotatable bonds is 3. The number of hydrogen-bond donors (Lipinski definition) is 0. The molecule has 4 nitrogen and oxygen atoms in total. The topological polar surface area (TPSA) is 58.9 Å². The number of isocyanates is 2. The Balaban J connectivity index is 3.30. The van der Waals surface area contributed by atoms with Crippen LogP contribution in [0.3, 0.4) is 0 Å². The summed E-state index contributed by atoms with van der Waals surface area (Å²) in [6, 6.07) is 4.68. The van der Waals surface area contributed by atoms with Gasteiger partial charge in [0.2, 0.25) is 12.2 Å². The Hall–Kier alpha value is -2.28. The van der Waals surface area contributed by atoms with Gasteiger partial charge in [-0.2, -0.15) is 9.98 Å². The summed E-state index contributed by atoms with van der Waals surface area (Å²) >= 11 is 0. The SMILES string of the molecule is C=Cc1cc(N=C=O)ccc1N=C=O. The van der Waals surface area contributed by atoms with Crippen molar-refractivity contribution in [1.82, 2.24) is 0 Å². The Morgan fingerprint density at radius 2 is 1.93 bits per heavy atom. The summed E-state index contributed by atoms with van der Waals surface area (Å²) in [6.45, 7) is 3.55. The number of benzene rings is 1. The van der Waals surface area contributed by atoms with Crippen LogP contribution >= 0.6 is 0 Å². The zero-order valence-electron chi connectivity index (χ0n) is 7.23. The smallest absolute Gasteiger partial charge is 0.211 e. The van der Waals surface area contributed by atoms with Gasteiger partial charge in [-0.25, -0.2) is 9.59 Å². The lowest BCUT2D eigenvalue weighted by Gasteiger charge is -1.98. The quantitative estimate of drug-likeness (QED) is 0.537. The zero-order chi connectivity index (χ0) is 10.4. The van der Waals surface area contributed by atoms with Crippen molar-refractivity contribution >= 4 is 29.6 Å². The molecular formula is C10H6N2O2. The van der Waals surface area contributed by atoms with Gasteiger partial charge in [-0.15, -0.1) is 0 Å². The normalized spacial score (nSPS) is 8.29. The van der Waals surface area contributed by atoms with Crippen molar-refractivity contribution in [3.8, 4) is 0 Å². The van der Waals surface area contributed by atoms with Crippen LogP contribution in [0.25, 0.3) is 6.08 Å². The van der Waals surface area contributed by atoms with Gasteiger partial charge in [-0.3, -0.25) is 0 Å². The van der Waals surface area contributed by atoms with E-state index in [-0.39, 0.29) is 0 Å². The fourth-order valence-corrected chi connectivity index (χ4v) is 0.979. The Bertz CT molecular complexity index is 453. The molecule has 0 heterocycles. The third kappa shape index (κ3) is 2.11. The first-order chi connectivity index (χ1) is 6.81. The minimum absolute atomic E-state index is 0.444. The maximum Gasteiger partial charge on any atom is 0.240 e. The number of carbonyl (C=O) groups excluding carboxylic acids is 2. The van der Waals surface area contributed by atoms with Crippen molar-refractivity contribution < 1.29 is 9.59 Å². The van der Waals surface area contributed by atoms with Crippen molar-refractivity contribution in [3.63, 3.8) is 0 Å². The first-order valence-electron chi connectivity index (χ1n) is 3.74. The van der Waals surface area contributed by atoms with Crippen LogP contribution in [0.2, 0.25) is 0 Å². The summed E-state index contributed by atoms with van der Waals surface area (Å²) < 4.78 is 0. The van der Waals surface area contributed by atoms with Gasteiger partial charge < -0.3 is 0 Å². The second-order valence-corrected chi connectivity index (χ2v) is 2.35. The van der Waals surface area contributed by atoms with Crippen molar-refractivity contribution in [2.75, 3.05) is 0 Å². The van der Waals surface area contributed by atoms with E-state index in [1.807, 2.05) is 0 Å². The van der Waals surface area contributed by atoms with Crippen molar-refractivity contribution in [1.29, 1.82) is 0 Å². The molecule has 0 radical (unpaired) electrons. The minimum Gasteiger partial charge on any atom is -0.211 e. The molecule has 1 aromatic carbocycles. The van der Waals surface area contributed by atoms with Gasteiger partial charge in [-0.1, -0.05) is 12.7 Å². The van der Waals surface area contributed by atoms with E-state index in [9.17, 15) is 9.59 Å².